The molecule has 2 unspecified atom stereocenters. The van der Waals surface area contributed by atoms with Crippen LogP contribution < -0.4 is 0 Å². The summed E-state index contributed by atoms with van der Waals surface area (Å²) in [6, 6.07) is 8.65. The summed E-state index contributed by atoms with van der Waals surface area (Å²) in [5.41, 5.74) is 2.79. The molecule has 0 spiro atoms. The lowest BCUT2D eigenvalue weighted by Crippen LogP contribution is -2.11. The zero-order valence-electron chi connectivity index (χ0n) is 11.9. The smallest absolute Gasteiger partial charge is 0.0616 e. The van der Waals surface area contributed by atoms with Gasteiger partial charge in [0.2, 0.25) is 0 Å². The summed E-state index contributed by atoms with van der Waals surface area (Å²) in [6.45, 7) is 3.95. The molecule has 19 heavy (non-hydrogen) atoms. The summed E-state index contributed by atoms with van der Waals surface area (Å²) in [6.07, 6.45) is 7.10. The molecule has 1 aromatic carbocycles. The van der Waals surface area contributed by atoms with Gasteiger partial charge in [-0.25, -0.2) is 0 Å². The number of hydrogen-bond acceptors (Lipinski definition) is 1. The first-order valence-electron chi connectivity index (χ1n) is 7.62. The van der Waals surface area contributed by atoms with Crippen molar-refractivity contribution in [3.05, 3.63) is 35.4 Å². The fraction of sp³-hybridized carbons (Fsp3) is 0.647. The van der Waals surface area contributed by atoms with Crippen molar-refractivity contribution in [1.29, 1.82) is 0 Å². The van der Waals surface area contributed by atoms with Crippen molar-refractivity contribution in [1.82, 2.24) is 0 Å². The van der Waals surface area contributed by atoms with Crippen molar-refractivity contribution in [3.8, 4) is 0 Å². The van der Waals surface area contributed by atoms with Gasteiger partial charge in [0, 0.05) is 13.2 Å². The van der Waals surface area contributed by atoms with Crippen LogP contribution in [0.25, 0.3) is 0 Å². The molecule has 0 bridgehead atoms. The maximum atomic E-state index is 6.70. The number of ether oxygens (including phenoxy) is 1. The minimum absolute atomic E-state index is 0.161. The minimum atomic E-state index is 0.161. The summed E-state index contributed by atoms with van der Waals surface area (Å²) in [5, 5.41) is 0.161. The molecule has 2 atom stereocenters. The van der Waals surface area contributed by atoms with Crippen LogP contribution in [0.1, 0.15) is 55.5 Å². The standard InChI is InChI=1S/C17H25ClO/c1-2-3-12-19-13-11-15-9-6-8-14-7-4-5-10-16(14)17(15)18/h4-5,7,10,15,17H,2-3,6,8-9,11-13H2,1H3. The van der Waals surface area contributed by atoms with Gasteiger partial charge in [0.15, 0.2) is 0 Å². The summed E-state index contributed by atoms with van der Waals surface area (Å²) >= 11 is 6.70. The number of halogens is 1. The van der Waals surface area contributed by atoms with Crippen LogP contribution in [0.3, 0.4) is 0 Å². The largest absolute Gasteiger partial charge is 0.381 e. The van der Waals surface area contributed by atoms with E-state index in [2.05, 4.69) is 31.2 Å². The summed E-state index contributed by atoms with van der Waals surface area (Å²) in [7, 11) is 0. The van der Waals surface area contributed by atoms with Crippen LogP contribution in [0.5, 0.6) is 0 Å². The molecule has 0 aliphatic heterocycles. The van der Waals surface area contributed by atoms with E-state index < -0.39 is 0 Å². The van der Waals surface area contributed by atoms with Crippen molar-refractivity contribution in [2.75, 3.05) is 13.2 Å². The molecule has 0 N–H and O–H groups in total. The Labute approximate surface area is 122 Å². The molecule has 106 valence electrons. The van der Waals surface area contributed by atoms with Crippen molar-refractivity contribution in [2.24, 2.45) is 5.92 Å². The zero-order chi connectivity index (χ0) is 13.5. The quantitative estimate of drug-likeness (QED) is 0.399. The van der Waals surface area contributed by atoms with E-state index in [1.54, 1.807) is 0 Å². The Bertz CT molecular complexity index is 377. The Kier molecular flexibility index (Phi) is 6.19. The number of aryl methyl sites for hydroxylation is 1. The number of hydrogen-bond donors (Lipinski definition) is 0. The number of rotatable bonds is 6. The third-order valence-corrected chi connectivity index (χ3v) is 4.65. The summed E-state index contributed by atoms with van der Waals surface area (Å²) < 4.78 is 5.70. The topological polar surface area (TPSA) is 9.23 Å². The van der Waals surface area contributed by atoms with Gasteiger partial charge >= 0.3 is 0 Å². The Hall–Kier alpha value is -0.530. The second-order valence-corrected chi connectivity index (χ2v) is 5.98. The fourth-order valence-electron chi connectivity index (χ4n) is 2.86. The van der Waals surface area contributed by atoms with Gasteiger partial charge in [0.05, 0.1) is 5.38 Å². The van der Waals surface area contributed by atoms with Gasteiger partial charge < -0.3 is 4.74 Å². The van der Waals surface area contributed by atoms with Crippen LogP contribution in [0, 0.1) is 5.92 Å². The third-order valence-electron chi connectivity index (χ3n) is 4.06. The van der Waals surface area contributed by atoms with E-state index in [-0.39, 0.29) is 5.38 Å². The highest BCUT2D eigenvalue weighted by atomic mass is 35.5. The highest BCUT2D eigenvalue weighted by Gasteiger charge is 2.25. The van der Waals surface area contributed by atoms with Crippen molar-refractivity contribution >= 4 is 11.6 Å². The molecule has 0 heterocycles. The molecule has 2 heteroatoms. The highest BCUT2D eigenvalue weighted by Crippen LogP contribution is 2.39. The van der Waals surface area contributed by atoms with Gasteiger partial charge in [-0.3, -0.25) is 0 Å². The van der Waals surface area contributed by atoms with Gasteiger partial charge in [-0.2, -0.15) is 0 Å². The van der Waals surface area contributed by atoms with Crippen LogP contribution in [0.15, 0.2) is 24.3 Å². The van der Waals surface area contributed by atoms with Gasteiger partial charge in [0.25, 0.3) is 0 Å². The number of benzene rings is 1. The molecule has 1 aliphatic rings. The third kappa shape index (κ3) is 4.22. The SMILES string of the molecule is CCCCOCCC1CCCc2ccccc2C1Cl. The lowest BCUT2D eigenvalue weighted by Gasteiger charge is -2.21. The number of alkyl halides is 1. The van der Waals surface area contributed by atoms with Gasteiger partial charge in [-0.1, -0.05) is 37.6 Å². The molecular formula is C17H25ClO. The normalized spacial score (nSPS) is 22.8. The average Bonchev–Trinajstić information content (AvgIpc) is 2.59. The predicted octanol–water partition coefficient (Wildman–Crippen LogP) is 5.13. The summed E-state index contributed by atoms with van der Waals surface area (Å²) in [4.78, 5) is 0. The van der Waals surface area contributed by atoms with Crippen molar-refractivity contribution in [2.45, 2.75) is 50.8 Å². The molecule has 0 radical (unpaired) electrons. The number of unbranched alkanes of at least 4 members (excludes halogenated alkanes) is 1. The molecule has 0 fully saturated rings. The Balaban J connectivity index is 1.88. The first kappa shape index (κ1) is 14.9. The van der Waals surface area contributed by atoms with E-state index in [0.717, 1.165) is 26.1 Å². The Morgan fingerprint density at radius 3 is 2.95 bits per heavy atom. The maximum Gasteiger partial charge on any atom is 0.0616 e. The van der Waals surface area contributed by atoms with Crippen LogP contribution in [0.2, 0.25) is 0 Å². The van der Waals surface area contributed by atoms with E-state index in [4.69, 9.17) is 16.3 Å². The Morgan fingerprint density at radius 2 is 2.11 bits per heavy atom. The molecule has 1 aliphatic carbocycles. The second kappa shape index (κ2) is 7.91. The lowest BCUT2D eigenvalue weighted by atomic mass is 9.93. The average molecular weight is 281 g/mol. The van der Waals surface area contributed by atoms with Gasteiger partial charge in [0.1, 0.15) is 0 Å². The van der Waals surface area contributed by atoms with Gasteiger partial charge in [-0.15, -0.1) is 11.6 Å². The zero-order valence-corrected chi connectivity index (χ0v) is 12.7. The molecule has 0 aromatic heterocycles. The van der Waals surface area contributed by atoms with Crippen LogP contribution >= 0.6 is 11.6 Å². The second-order valence-electron chi connectivity index (χ2n) is 5.51. The number of fused-ring (bicyclic) bond motifs is 1. The van der Waals surface area contributed by atoms with Crippen LogP contribution in [-0.4, -0.2) is 13.2 Å². The van der Waals surface area contributed by atoms with Gasteiger partial charge in [-0.05, 0) is 49.1 Å². The summed E-state index contributed by atoms with van der Waals surface area (Å²) in [5.74, 6) is 0.562. The molecule has 2 rings (SSSR count). The van der Waals surface area contributed by atoms with E-state index in [1.165, 1.54) is 36.8 Å². The van der Waals surface area contributed by atoms with Crippen LogP contribution in [0.4, 0.5) is 0 Å². The first-order chi connectivity index (χ1) is 9.33. The van der Waals surface area contributed by atoms with E-state index in [9.17, 15) is 0 Å². The van der Waals surface area contributed by atoms with Crippen molar-refractivity contribution < 1.29 is 4.74 Å². The predicted molar refractivity (Wildman–Crippen MR) is 81.8 cm³/mol. The molecule has 0 amide bonds. The molecular weight excluding hydrogens is 256 g/mol. The molecule has 0 saturated heterocycles. The molecule has 0 saturated carbocycles. The van der Waals surface area contributed by atoms with E-state index >= 15 is 0 Å². The van der Waals surface area contributed by atoms with Crippen molar-refractivity contribution in [3.63, 3.8) is 0 Å². The maximum absolute atomic E-state index is 6.70. The molecule has 1 aromatic rings. The molecule has 1 nitrogen and oxygen atoms in total. The first-order valence-corrected chi connectivity index (χ1v) is 8.06. The fourth-order valence-corrected chi connectivity index (χ4v) is 3.32. The van der Waals surface area contributed by atoms with E-state index in [1.807, 2.05) is 0 Å². The monoisotopic (exact) mass is 280 g/mol. The Morgan fingerprint density at radius 1 is 1.26 bits per heavy atom. The van der Waals surface area contributed by atoms with E-state index in [0.29, 0.717) is 5.92 Å². The highest BCUT2D eigenvalue weighted by molar-refractivity contribution is 6.21. The lowest BCUT2D eigenvalue weighted by molar-refractivity contribution is 0.115. The van der Waals surface area contributed by atoms with Crippen LogP contribution in [-0.2, 0) is 11.2 Å². The minimum Gasteiger partial charge on any atom is -0.381 e.